The van der Waals surface area contributed by atoms with Gasteiger partial charge in [-0.2, -0.15) is 0 Å². The summed E-state index contributed by atoms with van der Waals surface area (Å²) in [5, 5.41) is 30.7. The lowest BCUT2D eigenvalue weighted by molar-refractivity contribution is -0.122. The van der Waals surface area contributed by atoms with Gasteiger partial charge in [0.15, 0.2) is 0 Å². The van der Waals surface area contributed by atoms with Gasteiger partial charge >= 0.3 is 5.97 Å². The van der Waals surface area contributed by atoms with E-state index in [1.165, 1.54) is 6.07 Å². The Labute approximate surface area is 180 Å². The lowest BCUT2D eigenvalue weighted by atomic mass is 9.84. The second kappa shape index (κ2) is 9.61. The summed E-state index contributed by atoms with van der Waals surface area (Å²) >= 11 is 0. The average molecular weight is 431 g/mol. The molecule has 10 nitrogen and oxygen atoms in total. The molecule has 2 aromatic rings. The van der Waals surface area contributed by atoms with Crippen molar-refractivity contribution in [1.29, 1.82) is 0 Å². The number of amides is 1. The van der Waals surface area contributed by atoms with Gasteiger partial charge in [-0.3, -0.25) is 4.79 Å². The summed E-state index contributed by atoms with van der Waals surface area (Å²) < 4.78 is 7.18. The molecule has 31 heavy (non-hydrogen) atoms. The Morgan fingerprint density at radius 2 is 2.03 bits per heavy atom. The smallest absolute Gasteiger partial charge is 0.352 e. The van der Waals surface area contributed by atoms with Crippen LogP contribution in [0.2, 0.25) is 0 Å². The zero-order valence-corrected chi connectivity index (χ0v) is 17.4. The van der Waals surface area contributed by atoms with Crippen molar-refractivity contribution in [3.8, 4) is 0 Å². The van der Waals surface area contributed by atoms with Crippen LogP contribution in [0, 0.1) is 0 Å². The number of rotatable bonds is 7. The first-order chi connectivity index (χ1) is 15.0. The predicted molar refractivity (Wildman–Crippen MR) is 110 cm³/mol. The summed E-state index contributed by atoms with van der Waals surface area (Å²) in [6, 6.07) is 3.17. The van der Waals surface area contributed by atoms with Crippen molar-refractivity contribution in [3.63, 3.8) is 0 Å². The van der Waals surface area contributed by atoms with Gasteiger partial charge in [-0.15, -0.1) is 5.10 Å². The molecule has 1 aliphatic carbocycles. The van der Waals surface area contributed by atoms with Crippen LogP contribution in [-0.2, 0) is 16.0 Å². The van der Waals surface area contributed by atoms with Gasteiger partial charge < -0.3 is 25.3 Å². The van der Waals surface area contributed by atoms with E-state index in [1.807, 2.05) is 6.20 Å². The minimum Gasteiger partial charge on any atom is -0.477 e. The summed E-state index contributed by atoms with van der Waals surface area (Å²) in [4.78, 5) is 26.0. The minimum absolute atomic E-state index is 0.0212. The fourth-order valence-corrected chi connectivity index (χ4v) is 4.40. The van der Waals surface area contributed by atoms with Crippen molar-refractivity contribution in [2.45, 2.75) is 69.1 Å². The molecule has 1 saturated carbocycles. The van der Waals surface area contributed by atoms with E-state index in [4.69, 9.17) is 9.84 Å². The van der Waals surface area contributed by atoms with E-state index in [0.29, 0.717) is 38.4 Å². The van der Waals surface area contributed by atoms with Gasteiger partial charge in [0.25, 0.3) is 0 Å². The molecule has 0 unspecified atom stereocenters. The Bertz CT molecular complexity index is 902. The summed E-state index contributed by atoms with van der Waals surface area (Å²) in [7, 11) is 0. The Kier molecular flexibility index (Phi) is 6.67. The van der Waals surface area contributed by atoms with Crippen LogP contribution in [0.4, 0.5) is 0 Å². The van der Waals surface area contributed by atoms with Crippen LogP contribution in [0.15, 0.2) is 18.3 Å². The molecular weight excluding hydrogens is 402 g/mol. The second-order valence-electron chi connectivity index (χ2n) is 8.44. The highest BCUT2D eigenvalue weighted by atomic mass is 16.5. The monoisotopic (exact) mass is 431 g/mol. The Balaban J connectivity index is 1.21. The molecule has 1 saturated heterocycles. The number of aryl methyl sites for hydroxylation is 1. The number of hydrogen-bond acceptors (Lipinski definition) is 6. The highest BCUT2D eigenvalue weighted by molar-refractivity contribution is 5.85. The van der Waals surface area contributed by atoms with Gasteiger partial charge in [-0.1, -0.05) is 5.21 Å². The first-order valence-electron chi connectivity index (χ1n) is 10.9. The molecule has 2 atom stereocenters. The molecular formula is C21H29N5O5. The molecule has 0 spiro atoms. The SMILES string of the molecule is O=C(CCc1ccc(C(=O)O)[nH]1)NC1CCC(c2cn([C@@H]3COCC[C@H]3O)nn2)CC1. The zero-order valence-electron chi connectivity index (χ0n) is 17.4. The van der Waals surface area contributed by atoms with E-state index in [-0.39, 0.29) is 23.7 Å². The van der Waals surface area contributed by atoms with Crippen LogP contribution in [-0.4, -0.2) is 67.4 Å². The number of aliphatic hydroxyl groups excluding tert-OH is 1. The number of ether oxygens (including phenoxy) is 1. The number of aromatic carboxylic acids is 1. The van der Waals surface area contributed by atoms with Crippen molar-refractivity contribution in [2.24, 2.45) is 0 Å². The molecule has 2 aliphatic rings. The van der Waals surface area contributed by atoms with Crippen LogP contribution >= 0.6 is 0 Å². The highest BCUT2D eigenvalue weighted by Gasteiger charge is 2.29. The molecule has 2 fully saturated rings. The maximum Gasteiger partial charge on any atom is 0.352 e. The fraction of sp³-hybridized carbons (Fsp3) is 0.619. The number of aromatic nitrogens is 4. The lowest BCUT2D eigenvalue weighted by Crippen LogP contribution is -2.37. The number of carboxylic acid groups (broad SMARTS) is 1. The van der Waals surface area contributed by atoms with Gasteiger partial charge in [0.05, 0.1) is 18.4 Å². The van der Waals surface area contributed by atoms with Gasteiger partial charge in [0.1, 0.15) is 11.7 Å². The molecule has 2 aromatic heterocycles. The quantitative estimate of drug-likeness (QED) is 0.519. The van der Waals surface area contributed by atoms with Crippen molar-refractivity contribution >= 4 is 11.9 Å². The van der Waals surface area contributed by atoms with Crippen LogP contribution in [0.25, 0.3) is 0 Å². The second-order valence-corrected chi connectivity index (χ2v) is 8.44. The number of nitrogens with one attached hydrogen (secondary N) is 2. The van der Waals surface area contributed by atoms with E-state index in [1.54, 1.807) is 10.7 Å². The third kappa shape index (κ3) is 5.31. The topological polar surface area (TPSA) is 142 Å². The molecule has 4 rings (SSSR count). The Hall–Kier alpha value is -2.72. The lowest BCUT2D eigenvalue weighted by Gasteiger charge is -2.28. The number of hydrogen-bond donors (Lipinski definition) is 4. The van der Waals surface area contributed by atoms with Gasteiger partial charge in [0.2, 0.25) is 5.91 Å². The van der Waals surface area contributed by atoms with E-state index in [9.17, 15) is 14.7 Å². The molecule has 10 heteroatoms. The molecule has 0 bridgehead atoms. The maximum absolute atomic E-state index is 12.3. The van der Waals surface area contributed by atoms with Gasteiger partial charge in [-0.25, -0.2) is 9.48 Å². The van der Waals surface area contributed by atoms with Gasteiger partial charge in [-0.05, 0) is 50.7 Å². The van der Waals surface area contributed by atoms with E-state index >= 15 is 0 Å². The molecule has 1 aliphatic heterocycles. The molecule has 0 radical (unpaired) electrons. The van der Waals surface area contributed by atoms with Crippen molar-refractivity contribution in [2.75, 3.05) is 13.2 Å². The van der Waals surface area contributed by atoms with Crippen LogP contribution < -0.4 is 5.32 Å². The fourth-order valence-electron chi connectivity index (χ4n) is 4.40. The Morgan fingerprint density at radius 3 is 2.74 bits per heavy atom. The molecule has 0 aromatic carbocycles. The number of nitrogens with zero attached hydrogens (tertiary/aromatic N) is 3. The van der Waals surface area contributed by atoms with Crippen LogP contribution in [0.1, 0.15) is 72.4 Å². The predicted octanol–water partition coefficient (Wildman–Crippen LogP) is 1.40. The number of aromatic amines is 1. The summed E-state index contributed by atoms with van der Waals surface area (Å²) in [5.74, 6) is -0.722. The minimum atomic E-state index is -1.00. The van der Waals surface area contributed by atoms with E-state index in [2.05, 4.69) is 20.6 Å². The van der Waals surface area contributed by atoms with Gasteiger partial charge in [0, 0.05) is 36.9 Å². The Morgan fingerprint density at radius 1 is 1.23 bits per heavy atom. The van der Waals surface area contributed by atoms with Crippen molar-refractivity contribution < 1.29 is 24.5 Å². The third-order valence-corrected chi connectivity index (χ3v) is 6.27. The normalized spacial score (nSPS) is 26.5. The first-order valence-corrected chi connectivity index (χ1v) is 10.9. The van der Waals surface area contributed by atoms with Crippen LogP contribution in [0.3, 0.4) is 0 Å². The summed E-state index contributed by atoms with van der Waals surface area (Å²) in [5.41, 5.74) is 1.81. The first kappa shape index (κ1) is 21.5. The molecule has 168 valence electrons. The maximum atomic E-state index is 12.3. The van der Waals surface area contributed by atoms with Crippen molar-refractivity contribution in [3.05, 3.63) is 35.4 Å². The summed E-state index contributed by atoms with van der Waals surface area (Å²) in [6.07, 6.45) is 6.47. The van der Waals surface area contributed by atoms with E-state index in [0.717, 1.165) is 37.1 Å². The molecule has 1 amide bonds. The number of H-pyrrole nitrogens is 1. The summed E-state index contributed by atoms with van der Waals surface area (Å²) in [6.45, 7) is 1.02. The number of carboxylic acids is 1. The standard InChI is InChI=1S/C21H29N5O5/c27-19-9-10-31-12-18(19)26-11-17(24-25-26)13-1-3-15(4-2-13)23-20(28)8-6-14-5-7-16(22-14)21(29)30/h5,7,11,13,15,18-19,22,27H,1-4,6,8-10,12H2,(H,23,28)(H,29,30)/t13?,15?,18-,19-/m1/s1. The largest absolute Gasteiger partial charge is 0.477 e. The zero-order chi connectivity index (χ0) is 21.8. The van der Waals surface area contributed by atoms with Crippen molar-refractivity contribution in [1.82, 2.24) is 25.3 Å². The average Bonchev–Trinajstić information content (AvgIpc) is 3.43. The highest BCUT2D eigenvalue weighted by Crippen LogP contribution is 2.32. The third-order valence-electron chi connectivity index (χ3n) is 6.27. The number of aliphatic hydroxyl groups is 1. The molecule has 3 heterocycles. The number of carbonyl (C=O) groups is 2. The number of carbonyl (C=O) groups excluding carboxylic acids is 1. The van der Waals surface area contributed by atoms with Crippen LogP contribution in [0.5, 0.6) is 0 Å². The van der Waals surface area contributed by atoms with E-state index < -0.39 is 12.1 Å². The molecule has 4 N–H and O–H groups in total.